The van der Waals surface area contributed by atoms with E-state index in [1.54, 1.807) is 17.5 Å². The van der Waals surface area contributed by atoms with Crippen LogP contribution in [0.1, 0.15) is 10.4 Å². The predicted octanol–water partition coefficient (Wildman–Crippen LogP) is 0.819. The zero-order valence-electron chi connectivity index (χ0n) is 10.1. The van der Waals surface area contributed by atoms with E-state index in [2.05, 4.69) is 15.6 Å². The number of carbonyl (C=O) groups is 3. The van der Waals surface area contributed by atoms with Crippen LogP contribution in [-0.4, -0.2) is 22.7 Å². The van der Waals surface area contributed by atoms with Crippen LogP contribution in [0.3, 0.4) is 0 Å². The second kappa shape index (κ2) is 5.93. The molecule has 3 amide bonds. The van der Waals surface area contributed by atoms with Crippen LogP contribution in [0.25, 0.3) is 0 Å². The number of benzene rings is 1. The minimum Gasteiger partial charge on any atom is -0.366 e. The average molecular weight is 290 g/mol. The van der Waals surface area contributed by atoms with Crippen LogP contribution in [0.2, 0.25) is 0 Å². The summed E-state index contributed by atoms with van der Waals surface area (Å²) in [5.74, 6) is -2.48. The van der Waals surface area contributed by atoms with Gasteiger partial charge in [-0.05, 0) is 12.1 Å². The maximum absolute atomic E-state index is 11.7. The molecule has 4 N–H and O–H groups in total. The van der Waals surface area contributed by atoms with Gasteiger partial charge in [0, 0.05) is 11.6 Å². The molecular formula is C12H10N4O3S. The number of thiazole rings is 1. The van der Waals surface area contributed by atoms with Gasteiger partial charge in [0.1, 0.15) is 0 Å². The summed E-state index contributed by atoms with van der Waals surface area (Å²) < 4.78 is 0. The van der Waals surface area contributed by atoms with E-state index >= 15 is 0 Å². The molecule has 0 bridgehead atoms. The van der Waals surface area contributed by atoms with Gasteiger partial charge in [0.15, 0.2) is 5.13 Å². The van der Waals surface area contributed by atoms with Gasteiger partial charge in [0.25, 0.3) is 5.91 Å². The number of primary amides is 1. The zero-order valence-corrected chi connectivity index (χ0v) is 10.9. The maximum atomic E-state index is 11.7. The molecule has 0 aliphatic rings. The first-order valence-electron chi connectivity index (χ1n) is 5.48. The largest absolute Gasteiger partial charge is 0.366 e. The van der Waals surface area contributed by atoms with Crippen molar-refractivity contribution in [3.63, 3.8) is 0 Å². The van der Waals surface area contributed by atoms with E-state index in [-0.39, 0.29) is 11.3 Å². The Balaban J connectivity index is 2.08. The van der Waals surface area contributed by atoms with Gasteiger partial charge < -0.3 is 11.1 Å². The fourth-order valence-electron chi connectivity index (χ4n) is 1.43. The number of nitrogens with two attached hydrogens (primary N) is 1. The van der Waals surface area contributed by atoms with Crippen LogP contribution in [0, 0.1) is 0 Å². The van der Waals surface area contributed by atoms with Crippen molar-refractivity contribution in [2.75, 3.05) is 10.6 Å². The van der Waals surface area contributed by atoms with Gasteiger partial charge in [-0.1, -0.05) is 12.1 Å². The lowest BCUT2D eigenvalue weighted by Gasteiger charge is -2.08. The summed E-state index contributed by atoms with van der Waals surface area (Å²) in [4.78, 5) is 38.4. The Morgan fingerprint density at radius 2 is 1.80 bits per heavy atom. The van der Waals surface area contributed by atoms with E-state index in [9.17, 15) is 14.4 Å². The Kier molecular flexibility index (Phi) is 4.06. The Morgan fingerprint density at radius 3 is 2.45 bits per heavy atom. The van der Waals surface area contributed by atoms with Crippen molar-refractivity contribution in [1.29, 1.82) is 0 Å². The molecule has 20 heavy (non-hydrogen) atoms. The van der Waals surface area contributed by atoms with E-state index in [4.69, 9.17) is 5.73 Å². The Hall–Kier alpha value is -2.74. The first kappa shape index (κ1) is 13.7. The third-order valence-electron chi connectivity index (χ3n) is 2.30. The molecule has 0 fully saturated rings. The number of nitrogens with one attached hydrogen (secondary N) is 2. The lowest BCUT2D eigenvalue weighted by Crippen LogP contribution is -2.30. The number of amides is 3. The second-order valence-corrected chi connectivity index (χ2v) is 4.55. The number of anilines is 2. The Morgan fingerprint density at radius 1 is 1.10 bits per heavy atom. The minimum absolute atomic E-state index is 0.128. The van der Waals surface area contributed by atoms with E-state index in [1.165, 1.54) is 29.7 Å². The molecule has 1 aromatic carbocycles. The third-order valence-corrected chi connectivity index (χ3v) is 2.99. The second-order valence-electron chi connectivity index (χ2n) is 3.66. The quantitative estimate of drug-likeness (QED) is 0.726. The molecule has 0 radical (unpaired) electrons. The smallest absolute Gasteiger partial charge is 0.315 e. The molecule has 0 saturated carbocycles. The summed E-state index contributed by atoms with van der Waals surface area (Å²) >= 11 is 1.19. The van der Waals surface area contributed by atoms with Gasteiger partial charge in [-0.25, -0.2) is 4.98 Å². The van der Waals surface area contributed by atoms with Gasteiger partial charge in [0.2, 0.25) is 0 Å². The minimum atomic E-state index is -0.908. The van der Waals surface area contributed by atoms with Crippen LogP contribution >= 0.6 is 11.3 Å². The van der Waals surface area contributed by atoms with Gasteiger partial charge in [0.05, 0.1) is 11.3 Å². The normalized spacial score (nSPS) is 9.80. The molecule has 0 aliphatic heterocycles. The van der Waals surface area contributed by atoms with Crippen molar-refractivity contribution in [1.82, 2.24) is 4.98 Å². The summed E-state index contributed by atoms with van der Waals surface area (Å²) in [5.41, 5.74) is 5.48. The molecule has 2 rings (SSSR count). The lowest BCUT2D eigenvalue weighted by molar-refractivity contribution is -0.133. The molecule has 1 aromatic heterocycles. The van der Waals surface area contributed by atoms with Crippen molar-refractivity contribution < 1.29 is 14.4 Å². The van der Waals surface area contributed by atoms with Crippen molar-refractivity contribution in [2.24, 2.45) is 5.73 Å². The van der Waals surface area contributed by atoms with Gasteiger partial charge in [-0.15, -0.1) is 11.3 Å². The van der Waals surface area contributed by atoms with Crippen molar-refractivity contribution in [3.05, 3.63) is 41.4 Å². The van der Waals surface area contributed by atoms with E-state index in [1.807, 2.05) is 0 Å². The summed E-state index contributed by atoms with van der Waals surface area (Å²) in [5, 5.41) is 6.64. The molecule has 102 valence electrons. The van der Waals surface area contributed by atoms with Crippen molar-refractivity contribution in [2.45, 2.75) is 0 Å². The number of aromatic nitrogens is 1. The number of rotatable bonds is 3. The fraction of sp³-hybridized carbons (Fsp3) is 0. The molecule has 0 atom stereocenters. The van der Waals surface area contributed by atoms with E-state index < -0.39 is 17.7 Å². The van der Waals surface area contributed by atoms with Crippen molar-refractivity contribution in [3.8, 4) is 0 Å². The SMILES string of the molecule is NC(=O)c1ccccc1NC(=O)C(=O)Nc1nccs1. The summed E-state index contributed by atoms with van der Waals surface area (Å²) in [6.07, 6.45) is 1.50. The standard InChI is InChI=1S/C12H10N4O3S/c13-9(17)7-3-1-2-4-8(7)15-10(18)11(19)16-12-14-5-6-20-12/h1-6H,(H2,13,17)(H,15,18)(H,14,16,19). The summed E-state index contributed by atoms with van der Waals surface area (Å²) in [6, 6.07) is 6.15. The topological polar surface area (TPSA) is 114 Å². The maximum Gasteiger partial charge on any atom is 0.315 e. The van der Waals surface area contributed by atoms with Gasteiger partial charge in [-0.2, -0.15) is 0 Å². The highest BCUT2D eigenvalue weighted by molar-refractivity contribution is 7.13. The van der Waals surface area contributed by atoms with Crippen LogP contribution in [0.4, 0.5) is 10.8 Å². The third kappa shape index (κ3) is 3.18. The fourth-order valence-corrected chi connectivity index (χ4v) is 1.95. The Bertz CT molecular complexity index is 654. The molecule has 0 spiro atoms. The Labute approximate surface area is 117 Å². The highest BCUT2D eigenvalue weighted by Gasteiger charge is 2.17. The van der Waals surface area contributed by atoms with Crippen molar-refractivity contribution >= 4 is 39.9 Å². The van der Waals surface area contributed by atoms with E-state index in [0.29, 0.717) is 5.13 Å². The molecule has 0 saturated heterocycles. The summed E-state index contributed by atoms with van der Waals surface area (Å²) in [6.45, 7) is 0. The molecule has 0 aliphatic carbocycles. The first-order valence-corrected chi connectivity index (χ1v) is 6.36. The average Bonchev–Trinajstić information content (AvgIpc) is 2.91. The van der Waals surface area contributed by atoms with Gasteiger partial charge >= 0.3 is 11.8 Å². The summed E-state index contributed by atoms with van der Waals surface area (Å²) in [7, 11) is 0. The monoisotopic (exact) mass is 290 g/mol. The van der Waals surface area contributed by atoms with Crippen LogP contribution in [0.5, 0.6) is 0 Å². The number of hydrogen-bond donors (Lipinski definition) is 3. The lowest BCUT2D eigenvalue weighted by atomic mass is 10.1. The first-order chi connectivity index (χ1) is 9.58. The van der Waals surface area contributed by atoms with E-state index in [0.717, 1.165) is 0 Å². The van der Waals surface area contributed by atoms with Gasteiger partial charge in [-0.3, -0.25) is 19.7 Å². The molecule has 7 nitrogen and oxygen atoms in total. The number of nitrogens with zero attached hydrogens (tertiary/aromatic N) is 1. The predicted molar refractivity (Wildman–Crippen MR) is 74.3 cm³/mol. The number of hydrogen-bond acceptors (Lipinski definition) is 5. The molecule has 2 aromatic rings. The highest BCUT2D eigenvalue weighted by Crippen LogP contribution is 2.15. The number of carbonyl (C=O) groups excluding carboxylic acids is 3. The molecule has 1 heterocycles. The zero-order chi connectivity index (χ0) is 14.5. The molecule has 0 unspecified atom stereocenters. The molecule has 8 heteroatoms. The number of para-hydroxylation sites is 1. The highest BCUT2D eigenvalue weighted by atomic mass is 32.1. The van der Waals surface area contributed by atoms with Crippen LogP contribution in [-0.2, 0) is 9.59 Å². The molecular weight excluding hydrogens is 280 g/mol. The van der Waals surface area contributed by atoms with Crippen LogP contribution < -0.4 is 16.4 Å². The van der Waals surface area contributed by atoms with Crippen LogP contribution in [0.15, 0.2) is 35.8 Å².